The van der Waals surface area contributed by atoms with E-state index in [4.69, 9.17) is 19.8 Å². The number of benzene rings is 1. The van der Waals surface area contributed by atoms with Crippen LogP contribution in [0.3, 0.4) is 0 Å². The average Bonchev–Trinajstić information content (AvgIpc) is 3.64. The van der Waals surface area contributed by atoms with Gasteiger partial charge < -0.3 is 24.6 Å². The maximum absolute atomic E-state index is 9.96. The number of anilines is 1. The molecule has 5 heterocycles. The SMILES string of the molecule is CCc1cc(-c2cnc3[nH]cc(-c4cnn(C5CCN(CC)CC5)c4)c3n2)cc(C)c1N1CCOCC1CO. The molecule has 1 unspecified atom stereocenters. The van der Waals surface area contributed by atoms with Crippen LogP contribution in [0.4, 0.5) is 5.69 Å². The Morgan fingerprint density at radius 2 is 1.95 bits per heavy atom. The number of aliphatic hydroxyl groups excluding tert-OH is 1. The summed E-state index contributed by atoms with van der Waals surface area (Å²) < 4.78 is 7.76. The number of fused-ring (bicyclic) bond motifs is 1. The minimum atomic E-state index is -0.0211. The quantitative estimate of drug-likeness (QED) is 0.370. The summed E-state index contributed by atoms with van der Waals surface area (Å²) in [6.07, 6.45) is 11.1. The summed E-state index contributed by atoms with van der Waals surface area (Å²) in [6.45, 7) is 12.0. The molecule has 2 aliphatic heterocycles. The molecule has 4 aromatic rings. The molecular formula is C30H39N7O2. The Labute approximate surface area is 229 Å². The Balaban J connectivity index is 1.32. The van der Waals surface area contributed by atoms with E-state index < -0.39 is 0 Å². The number of aromatic nitrogens is 5. The first-order chi connectivity index (χ1) is 19.1. The zero-order valence-electron chi connectivity index (χ0n) is 23.2. The highest BCUT2D eigenvalue weighted by atomic mass is 16.5. The van der Waals surface area contributed by atoms with Crippen molar-refractivity contribution in [2.75, 3.05) is 50.9 Å². The van der Waals surface area contributed by atoms with Crippen molar-refractivity contribution in [3.05, 3.63) is 48.0 Å². The number of aryl methyl sites for hydroxylation is 2. The van der Waals surface area contributed by atoms with Gasteiger partial charge in [0.2, 0.25) is 0 Å². The number of hydrogen-bond acceptors (Lipinski definition) is 7. The number of nitrogens with zero attached hydrogens (tertiary/aromatic N) is 6. The number of aromatic amines is 1. The molecule has 3 aromatic heterocycles. The fourth-order valence-electron chi connectivity index (χ4n) is 6.21. The third-order valence-corrected chi connectivity index (χ3v) is 8.45. The molecule has 39 heavy (non-hydrogen) atoms. The van der Waals surface area contributed by atoms with Gasteiger partial charge in [-0.3, -0.25) is 4.68 Å². The fraction of sp³-hybridized carbons (Fsp3) is 0.500. The second-order valence-electron chi connectivity index (χ2n) is 10.8. The lowest BCUT2D eigenvalue weighted by Crippen LogP contribution is -2.48. The summed E-state index contributed by atoms with van der Waals surface area (Å²) >= 11 is 0. The van der Waals surface area contributed by atoms with Crippen LogP contribution in [0, 0.1) is 6.92 Å². The second kappa shape index (κ2) is 11.1. The molecule has 2 N–H and O–H groups in total. The zero-order valence-corrected chi connectivity index (χ0v) is 23.2. The predicted molar refractivity (Wildman–Crippen MR) is 154 cm³/mol. The van der Waals surface area contributed by atoms with E-state index in [1.165, 1.54) is 16.8 Å². The first kappa shape index (κ1) is 26.0. The van der Waals surface area contributed by atoms with E-state index in [0.29, 0.717) is 19.3 Å². The molecule has 1 aromatic carbocycles. The number of rotatable bonds is 7. The second-order valence-corrected chi connectivity index (χ2v) is 10.8. The lowest BCUT2D eigenvalue weighted by Gasteiger charge is -2.38. The number of ether oxygens (including phenoxy) is 1. The summed E-state index contributed by atoms with van der Waals surface area (Å²) in [5.41, 5.74) is 9.27. The van der Waals surface area contributed by atoms with E-state index >= 15 is 0 Å². The van der Waals surface area contributed by atoms with Gasteiger partial charge in [0.1, 0.15) is 5.52 Å². The lowest BCUT2D eigenvalue weighted by molar-refractivity contribution is 0.0726. The molecule has 0 spiro atoms. The molecule has 0 radical (unpaired) electrons. The molecule has 2 fully saturated rings. The van der Waals surface area contributed by atoms with Crippen LogP contribution in [0.1, 0.15) is 43.9 Å². The molecule has 2 saturated heterocycles. The lowest BCUT2D eigenvalue weighted by atomic mass is 9.97. The van der Waals surface area contributed by atoms with Crippen LogP contribution in [0.25, 0.3) is 33.5 Å². The fourth-order valence-corrected chi connectivity index (χ4v) is 6.21. The van der Waals surface area contributed by atoms with Crippen molar-refractivity contribution in [2.45, 2.75) is 52.1 Å². The Bertz CT molecular complexity index is 1440. The Morgan fingerprint density at radius 1 is 1.10 bits per heavy atom. The van der Waals surface area contributed by atoms with E-state index in [0.717, 1.165) is 79.0 Å². The van der Waals surface area contributed by atoms with Gasteiger partial charge in [-0.05, 0) is 56.0 Å². The predicted octanol–water partition coefficient (Wildman–Crippen LogP) is 4.21. The molecule has 9 heteroatoms. The van der Waals surface area contributed by atoms with Gasteiger partial charge >= 0.3 is 0 Å². The number of H-pyrrole nitrogens is 1. The molecule has 0 bridgehead atoms. The van der Waals surface area contributed by atoms with Crippen molar-refractivity contribution >= 4 is 16.9 Å². The maximum atomic E-state index is 9.96. The van der Waals surface area contributed by atoms with Crippen molar-refractivity contribution in [3.63, 3.8) is 0 Å². The average molecular weight is 530 g/mol. The third-order valence-electron chi connectivity index (χ3n) is 8.45. The van der Waals surface area contributed by atoms with Gasteiger partial charge in [-0.2, -0.15) is 5.10 Å². The highest BCUT2D eigenvalue weighted by molar-refractivity contribution is 5.91. The van der Waals surface area contributed by atoms with Gasteiger partial charge in [-0.1, -0.05) is 13.8 Å². The van der Waals surface area contributed by atoms with Crippen LogP contribution >= 0.6 is 0 Å². The van der Waals surface area contributed by atoms with Crippen molar-refractivity contribution in [3.8, 4) is 22.4 Å². The van der Waals surface area contributed by atoms with E-state index in [2.05, 4.69) is 58.6 Å². The van der Waals surface area contributed by atoms with Gasteiger partial charge in [0.05, 0.1) is 50.0 Å². The van der Waals surface area contributed by atoms with Gasteiger partial charge in [0.15, 0.2) is 5.65 Å². The summed E-state index contributed by atoms with van der Waals surface area (Å²) in [5.74, 6) is 0. The smallest absolute Gasteiger partial charge is 0.156 e. The molecule has 2 aliphatic rings. The summed E-state index contributed by atoms with van der Waals surface area (Å²) in [5, 5.41) is 14.7. The third kappa shape index (κ3) is 4.95. The largest absolute Gasteiger partial charge is 0.394 e. The molecular weight excluding hydrogens is 490 g/mol. The van der Waals surface area contributed by atoms with Crippen LogP contribution in [0.2, 0.25) is 0 Å². The number of piperidine rings is 1. The summed E-state index contributed by atoms with van der Waals surface area (Å²) in [7, 11) is 0. The number of nitrogens with one attached hydrogen (secondary N) is 1. The molecule has 206 valence electrons. The van der Waals surface area contributed by atoms with E-state index in [1.54, 1.807) is 0 Å². The van der Waals surface area contributed by atoms with E-state index in [9.17, 15) is 5.11 Å². The highest BCUT2D eigenvalue weighted by Gasteiger charge is 2.26. The van der Waals surface area contributed by atoms with E-state index in [1.807, 2.05) is 18.6 Å². The Hall–Kier alpha value is -3.27. The van der Waals surface area contributed by atoms with E-state index in [-0.39, 0.29) is 12.6 Å². The minimum absolute atomic E-state index is 0.0211. The molecule has 0 aliphatic carbocycles. The molecule has 0 amide bonds. The highest BCUT2D eigenvalue weighted by Crippen LogP contribution is 2.35. The van der Waals surface area contributed by atoms with Gasteiger partial charge in [-0.25, -0.2) is 9.97 Å². The topological polar surface area (TPSA) is 95.3 Å². The number of morpholine rings is 1. The maximum Gasteiger partial charge on any atom is 0.156 e. The van der Waals surface area contributed by atoms with Crippen LogP contribution < -0.4 is 4.90 Å². The van der Waals surface area contributed by atoms with Crippen LogP contribution in [0.15, 0.2) is 36.9 Å². The van der Waals surface area contributed by atoms with Crippen LogP contribution in [-0.4, -0.2) is 86.8 Å². The standard InChI is InChI=1S/C30H39N7O2/c1-4-21-13-22(12-20(3)29(21)36-10-11-39-19-25(36)18-38)27-16-32-30-28(34-27)26(15-31-30)23-14-33-37(17-23)24-6-8-35(5-2)9-7-24/h12-17,24-25,38H,4-11,18-19H2,1-3H3,(H,31,32). The zero-order chi connectivity index (χ0) is 26.9. The van der Waals surface area contributed by atoms with Gasteiger partial charge in [0, 0.05) is 54.4 Å². The van der Waals surface area contributed by atoms with Gasteiger partial charge in [-0.15, -0.1) is 0 Å². The molecule has 0 saturated carbocycles. The number of hydrogen-bond donors (Lipinski definition) is 2. The monoisotopic (exact) mass is 529 g/mol. The summed E-state index contributed by atoms with van der Waals surface area (Å²) in [6, 6.07) is 4.85. The first-order valence-corrected chi connectivity index (χ1v) is 14.3. The number of aliphatic hydroxyl groups is 1. The molecule has 9 nitrogen and oxygen atoms in total. The Kier molecular flexibility index (Phi) is 7.38. The molecule has 1 atom stereocenters. The minimum Gasteiger partial charge on any atom is -0.394 e. The number of likely N-dealkylation sites (tertiary alicyclic amines) is 1. The van der Waals surface area contributed by atoms with Gasteiger partial charge in [0.25, 0.3) is 0 Å². The van der Waals surface area contributed by atoms with Crippen molar-refractivity contribution in [1.29, 1.82) is 0 Å². The summed E-state index contributed by atoms with van der Waals surface area (Å²) in [4.78, 5) is 18.0. The van der Waals surface area contributed by atoms with Crippen molar-refractivity contribution in [2.24, 2.45) is 0 Å². The first-order valence-electron chi connectivity index (χ1n) is 14.3. The Morgan fingerprint density at radius 3 is 2.72 bits per heavy atom. The van der Waals surface area contributed by atoms with Crippen LogP contribution in [0.5, 0.6) is 0 Å². The molecule has 6 rings (SSSR count). The van der Waals surface area contributed by atoms with Crippen molar-refractivity contribution < 1.29 is 9.84 Å². The van der Waals surface area contributed by atoms with Crippen molar-refractivity contribution in [1.82, 2.24) is 29.6 Å². The normalized spacial score (nSPS) is 19.3. The van der Waals surface area contributed by atoms with Crippen LogP contribution in [-0.2, 0) is 11.2 Å².